The lowest BCUT2D eigenvalue weighted by Crippen LogP contribution is -2.24. The summed E-state index contributed by atoms with van der Waals surface area (Å²) in [5, 5.41) is 10.7. The van der Waals surface area contributed by atoms with Crippen LogP contribution in [0.15, 0.2) is 18.2 Å². The summed E-state index contributed by atoms with van der Waals surface area (Å²) in [5.41, 5.74) is 9.21. The van der Waals surface area contributed by atoms with Crippen molar-refractivity contribution in [3.05, 3.63) is 23.8 Å². The number of aromatic amines is 1. The van der Waals surface area contributed by atoms with Gasteiger partial charge in [-0.15, -0.1) is 0 Å². The Morgan fingerprint density at radius 3 is 2.86 bits per heavy atom. The number of rotatable bonds is 2. The van der Waals surface area contributed by atoms with Crippen LogP contribution in [0.1, 0.15) is 18.4 Å². The van der Waals surface area contributed by atoms with Gasteiger partial charge in [0.25, 0.3) is 0 Å². The lowest BCUT2D eigenvalue weighted by molar-refractivity contribution is 0.672. The number of nitrogens with one attached hydrogen (secondary N) is 1. The van der Waals surface area contributed by atoms with Gasteiger partial charge in [-0.3, -0.25) is 0 Å². The molecule has 72 valence electrons. The Kier molecular flexibility index (Phi) is 1.44. The fourth-order valence-corrected chi connectivity index (χ4v) is 1.74. The van der Waals surface area contributed by atoms with Crippen LogP contribution in [0.4, 0.5) is 0 Å². The Bertz CT molecular complexity index is 470. The van der Waals surface area contributed by atoms with Crippen LogP contribution in [-0.4, -0.2) is 20.9 Å². The van der Waals surface area contributed by atoms with E-state index in [1.807, 2.05) is 6.07 Å². The molecule has 0 atom stereocenters. The van der Waals surface area contributed by atoms with Gasteiger partial charge in [-0.1, -0.05) is 6.07 Å². The van der Waals surface area contributed by atoms with Gasteiger partial charge in [0, 0.05) is 5.54 Å². The molecule has 1 aromatic heterocycles. The number of nitrogens with zero attached hydrogens (tertiary/aromatic N) is 2. The molecule has 1 aliphatic carbocycles. The van der Waals surface area contributed by atoms with Crippen LogP contribution in [0, 0.1) is 0 Å². The highest BCUT2D eigenvalue weighted by Crippen LogP contribution is 2.35. The van der Waals surface area contributed by atoms with Crippen molar-refractivity contribution in [3.63, 3.8) is 0 Å². The highest BCUT2D eigenvalue weighted by molar-refractivity contribution is 5.74. The minimum atomic E-state index is 0.0669. The van der Waals surface area contributed by atoms with Crippen LogP contribution in [0.3, 0.4) is 0 Å². The molecule has 1 aromatic carbocycles. The highest BCUT2D eigenvalue weighted by Gasteiger charge is 2.37. The van der Waals surface area contributed by atoms with Crippen molar-refractivity contribution in [2.24, 2.45) is 5.73 Å². The van der Waals surface area contributed by atoms with Crippen LogP contribution in [0.25, 0.3) is 11.0 Å². The molecule has 1 heterocycles. The standard InChI is InChI=1S/C10H12N4/c11-10(3-4-10)6-7-1-2-8-9(5-7)13-14-12-8/h1-2,5H,3-4,6,11H2,(H,12,13,14). The summed E-state index contributed by atoms with van der Waals surface area (Å²) in [6.07, 6.45) is 3.24. The summed E-state index contributed by atoms with van der Waals surface area (Å²) in [6.45, 7) is 0. The van der Waals surface area contributed by atoms with E-state index >= 15 is 0 Å². The topological polar surface area (TPSA) is 67.6 Å². The molecule has 0 unspecified atom stereocenters. The number of benzene rings is 1. The summed E-state index contributed by atoms with van der Waals surface area (Å²) in [7, 11) is 0. The molecule has 3 N–H and O–H groups in total. The number of hydrogen-bond donors (Lipinski definition) is 2. The second kappa shape index (κ2) is 2.54. The van der Waals surface area contributed by atoms with E-state index in [1.165, 1.54) is 5.56 Å². The summed E-state index contributed by atoms with van der Waals surface area (Å²) < 4.78 is 0. The van der Waals surface area contributed by atoms with Gasteiger partial charge >= 0.3 is 0 Å². The fourth-order valence-electron chi connectivity index (χ4n) is 1.74. The van der Waals surface area contributed by atoms with Crippen LogP contribution >= 0.6 is 0 Å². The molecule has 14 heavy (non-hydrogen) atoms. The first-order valence-corrected chi connectivity index (χ1v) is 4.84. The molecule has 0 spiro atoms. The van der Waals surface area contributed by atoms with Gasteiger partial charge in [0.2, 0.25) is 0 Å². The van der Waals surface area contributed by atoms with Gasteiger partial charge in [0.1, 0.15) is 11.0 Å². The van der Waals surface area contributed by atoms with Crippen LogP contribution < -0.4 is 5.73 Å². The van der Waals surface area contributed by atoms with Crippen molar-refractivity contribution in [1.29, 1.82) is 0 Å². The molecule has 1 aliphatic rings. The van der Waals surface area contributed by atoms with Crippen LogP contribution in [0.2, 0.25) is 0 Å². The fraction of sp³-hybridized carbons (Fsp3) is 0.400. The maximum atomic E-state index is 6.05. The number of hydrogen-bond acceptors (Lipinski definition) is 3. The molecule has 0 amide bonds. The molecule has 0 bridgehead atoms. The Balaban J connectivity index is 1.97. The molecule has 0 aliphatic heterocycles. The van der Waals surface area contributed by atoms with E-state index in [0.29, 0.717) is 0 Å². The van der Waals surface area contributed by atoms with Crippen molar-refractivity contribution < 1.29 is 0 Å². The molecule has 0 saturated heterocycles. The van der Waals surface area contributed by atoms with E-state index in [0.717, 1.165) is 30.3 Å². The van der Waals surface area contributed by atoms with E-state index < -0.39 is 0 Å². The number of aromatic nitrogens is 3. The van der Waals surface area contributed by atoms with E-state index in [4.69, 9.17) is 5.73 Å². The van der Waals surface area contributed by atoms with Gasteiger partial charge in [-0.05, 0) is 37.0 Å². The Hall–Kier alpha value is -1.42. The smallest absolute Gasteiger partial charge is 0.113 e. The Labute approximate surface area is 81.5 Å². The summed E-state index contributed by atoms with van der Waals surface area (Å²) in [6, 6.07) is 6.13. The predicted octanol–water partition coefficient (Wildman–Crippen LogP) is 0.992. The molecular weight excluding hydrogens is 176 g/mol. The lowest BCUT2D eigenvalue weighted by Gasteiger charge is -2.07. The highest BCUT2D eigenvalue weighted by atomic mass is 15.3. The lowest BCUT2D eigenvalue weighted by atomic mass is 10.0. The van der Waals surface area contributed by atoms with Gasteiger partial charge < -0.3 is 5.73 Å². The first-order chi connectivity index (χ1) is 6.75. The van der Waals surface area contributed by atoms with E-state index in [9.17, 15) is 0 Å². The maximum absolute atomic E-state index is 6.05. The molecular formula is C10H12N4. The second-order valence-corrected chi connectivity index (χ2v) is 4.19. The summed E-state index contributed by atoms with van der Waals surface area (Å²) >= 11 is 0. The third-order valence-electron chi connectivity index (χ3n) is 2.83. The maximum Gasteiger partial charge on any atom is 0.113 e. The van der Waals surface area contributed by atoms with Crippen molar-refractivity contribution in [2.75, 3.05) is 0 Å². The number of H-pyrrole nitrogens is 1. The molecule has 4 nitrogen and oxygen atoms in total. The minimum absolute atomic E-state index is 0.0669. The van der Waals surface area contributed by atoms with Crippen LogP contribution in [0.5, 0.6) is 0 Å². The normalized spacial score (nSPS) is 18.6. The van der Waals surface area contributed by atoms with Gasteiger partial charge in [0.05, 0.1) is 0 Å². The van der Waals surface area contributed by atoms with Crippen LogP contribution in [-0.2, 0) is 6.42 Å². The van der Waals surface area contributed by atoms with Crippen molar-refractivity contribution in [1.82, 2.24) is 15.4 Å². The Morgan fingerprint density at radius 1 is 1.29 bits per heavy atom. The second-order valence-electron chi connectivity index (χ2n) is 4.19. The predicted molar refractivity (Wildman–Crippen MR) is 53.7 cm³/mol. The molecule has 4 heteroatoms. The van der Waals surface area contributed by atoms with E-state index in [1.54, 1.807) is 0 Å². The molecule has 3 rings (SSSR count). The van der Waals surface area contributed by atoms with Gasteiger partial charge in [-0.25, -0.2) is 0 Å². The van der Waals surface area contributed by atoms with E-state index in [-0.39, 0.29) is 5.54 Å². The zero-order valence-electron chi connectivity index (χ0n) is 7.83. The first-order valence-electron chi connectivity index (χ1n) is 4.84. The minimum Gasteiger partial charge on any atom is -0.325 e. The SMILES string of the molecule is NC1(Cc2ccc3n[nH]nc3c2)CC1. The number of nitrogens with two attached hydrogens (primary N) is 1. The monoisotopic (exact) mass is 188 g/mol. The molecule has 2 aromatic rings. The third-order valence-corrected chi connectivity index (χ3v) is 2.83. The van der Waals surface area contributed by atoms with Crippen molar-refractivity contribution in [2.45, 2.75) is 24.8 Å². The van der Waals surface area contributed by atoms with Gasteiger partial charge in [0.15, 0.2) is 0 Å². The molecule has 1 saturated carbocycles. The average Bonchev–Trinajstić information content (AvgIpc) is 2.73. The Morgan fingerprint density at radius 2 is 2.07 bits per heavy atom. The largest absolute Gasteiger partial charge is 0.325 e. The molecule has 1 fully saturated rings. The van der Waals surface area contributed by atoms with Crippen molar-refractivity contribution >= 4 is 11.0 Å². The quantitative estimate of drug-likeness (QED) is 0.738. The van der Waals surface area contributed by atoms with E-state index in [2.05, 4.69) is 27.5 Å². The third kappa shape index (κ3) is 1.28. The zero-order valence-corrected chi connectivity index (χ0v) is 7.83. The van der Waals surface area contributed by atoms with Crippen molar-refractivity contribution in [3.8, 4) is 0 Å². The molecule has 0 radical (unpaired) electrons. The zero-order chi connectivity index (χ0) is 9.60. The van der Waals surface area contributed by atoms with Gasteiger partial charge in [-0.2, -0.15) is 15.4 Å². The first kappa shape index (κ1) is 7.94. The summed E-state index contributed by atoms with van der Waals surface area (Å²) in [4.78, 5) is 0. The summed E-state index contributed by atoms with van der Waals surface area (Å²) in [5.74, 6) is 0. The average molecular weight is 188 g/mol. The number of fused-ring (bicyclic) bond motifs is 1.